The van der Waals surface area contributed by atoms with Crippen LogP contribution in [0.4, 0.5) is 0 Å². The second-order valence-corrected chi connectivity index (χ2v) is 9.14. The monoisotopic (exact) mass is 372 g/mol. The van der Waals surface area contributed by atoms with Gasteiger partial charge in [0.2, 0.25) is 0 Å². The Morgan fingerprint density at radius 3 is 2.10 bits per heavy atom. The van der Waals surface area contributed by atoms with Crippen molar-refractivity contribution in [2.45, 2.75) is 32.6 Å². The van der Waals surface area contributed by atoms with Crippen molar-refractivity contribution >= 4 is 0 Å². The van der Waals surface area contributed by atoms with Crippen LogP contribution in [-0.2, 0) is 11.8 Å². The molecule has 0 atom stereocenters. The SMILES string of the molecule is Cc1ccc2c(c1)C(C)(C)c1cc(-c3ccc4c(c3)-c3ccccc3C4)ccc1-2. The van der Waals surface area contributed by atoms with Gasteiger partial charge in [-0.1, -0.05) is 86.1 Å². The minimum Gasteiger partial charge on any atom is -0.0619 e. The Balaban J connectivity index is 1.49. The van der Waals surface area contributed by atoms with E-state index in [-0.39, 0.29) is 5.41 Å². The van der Waals surface area contributed by atoms with Gasteiger partial charge in [-0.25, -0.2) is 0 Å². The van der Waals surface area contributed by atoms with Gasteiger partial charge >= 0.3 is 0 Å². The fourth-order valence-electron chi connectivity index (χ4n) is 5.33. The van der Waals surface area contributed by atoms with Gasteiger partial charge in [0.15, 0.2) is 0 Å². The molecule has 29 heavy (non-hydrogen) atoms. The molecule has 140 valence electrons. The van der Waals surface area contributed by atoms with E-state index >= 15 is 0 Å². The average molecular weight is 373 g/mol. The van der Waals surface area contributed by atoms with Crippen molar-refractivity contribution in [2.24, 2.45) is 0 Å². The van der Waals surface area contributed by atoms with Crippen LogP contribution in [0.1, 0.15) is 41.7 Å². The van der Waals surface area contributed by atoms with E-state index in [9.17, 15) is 0 Å². The van der Waals surface area contributed by atoms with E-state index in [1.165, 1.54) is 61.2 Å². The summed E-state index contributed by atoms with van der Waals surface area (Å²) in [6.45, 7) is 6.91. The molecule has 0 amide bonds. The van der Waals surface area contributed by atoms with E-state index < -0.39 is 0 Å². The maximum absolute atomic E-state index is 2.42. The molecule has 0 unspecified atom stereocenters. The third kappa shape index (κ3) is 2.32. The molecule has 0 saturated carbocycles. The standard InChI is InChI=1S/C29H24/c1-18-8-12-24-25-13-11-20(17-28(25)29(2,3)27(24)14-18)19-9-10-22-15-21-6-4-5-7-23(21)26(22)16-19/h4-14,16-17H,15H2,1-3H3. The predicted octanol–water partition coefficient (Wildman–Crippen LogP) is 7.54. The Hall–Kier alpha value is -3.12. The van der Waals surface area contributed by atoms with Crippen LogP contribution in [-0.4, -0.2) is 0 Å². The van der Waals surface area contributed by atoms with E-state index in [0.29, 0.717) is 0 Å². The van der Waals surface area contributed by atoms with Crippen LogP contribution >= 0.6 is 0 Å². The quantitative estimate of drug-likeness (QED) is 0.285. The maximum Gasteiger partial charge on any atom is 0.0159 e. The molecule has 6 rings (SSSR count). The summed E-state index contributed by atoms with van der Waals surface area (Å²) in [4.78, 5) is 0. The maximum atomic E-state index is 2.42. The van der Waals surface area contributed by atoms with Crippen LogP contribution in [0, 0.1) is 6.92 Å². The van der Waals surface area contributed by atoms with Crippen LogP contribution in [0.25, 0.3) is 33.4 Å². The zero-order valence-electron chi connectivity index (χ0n) is 17.2. The zero-order valence-corrected chi connectivity index (χ0v) is 17.2. The van der Waals surface area contributed by atoms with Crippen LogP contribution in [0.2, 0.25) is 0 Å². The van der Waals surface area contributed by atoms with Gasteiger partial charge < -0.3 is 0 Å². The molecule has 0 nitrogen and oxygen atoms in total. The third-order valence-corrected chi connectivity index (χ3v) is 6.96. The van der Waals surface area contributed by atoms with E-state index in [2.05, 4.69) is 99.6 Å². The van der Waals surface area contributed by atoms with Gasteiger partial charge in [-0.2, -0.15) is 0 Å². The van der Waals surface area contributed by atoms with E-state index in [0.717, 1.165) is 6.42 Å². The first-order valence-electron chi connectivity index (χ1n) is 10.5. The summed E-state index contributed by atoms with van der Waals surface area (Å²) in [5, 5.41) is 0. The van der Waals surface area contributed by atoms with Crippen LogP contribution in [0.5, 0.6) is 0 Å². The van der Waals surface area contributed by atoms with E-state index in [1.54, 1.807) is 0 Å². The van der Waals surface area contributed by atoms with Gasteiger partial charge in [0, 0.05) is 5.41 Å². The number of benzene rings is 4. The molecular formula is C29H24. The average Bonchev–Trinajstić information content (AvgIpc) is 3.20. The molecule has 0 aliphatic heterocycles. The number of hydrogen-bond acceptors (Lipinski definition) is 0. The summed E-state index contributed by atoms with van der Waals surface area (Å²) in [6.07, 6.45) is 1.05. The van der Waals surface area contributed by atoms with Gasteiger partial charge in [0.25, 0.3) is 0 Å². The highest BCUT2D eigenvalue weighted by atomic mass is 14.4. The molecule has 0 spiro atoms. The van der Waals surface area contributed by atoms with Crippen molar-refractivity contribution < 1.29 is 0 Å². The van der Waals surface area contributed by atoms with Crippen molar-refractivity contribution in [3.05, 3.63) is 107 Å². The molecule has 2 aliphatic rings. The Bertz CT molecular complexity index is 1300. The van der Waals surface area contributed by atoms with Gasteiger partial charge in [-0.05, 0) is 81.1 Å². The number of fused-ring (bicyclic) bond motifs is 6. The summed E-state index contributed by atoms with van der Waals surface area (Å²) in [5.74, 6) is 0. The second kappa shape index (κ2) is 5.70. The van der Waals surface area contributed by atoms with Crippen molar-refractivity contribution in [2.75, 3.05) is 0 Å². The Morgan fingerprint density at radius 1 is 0.586 bits per heavy atom. The minimum absolute atomic E-state index is 0.0377. The summed E-state index contributed by atoms with van der Waals surface area (Å²) in [7, 11) is 0. The fourth-order valence-corrected chi connectivity index (χ4v) is 5.33. The third-order valence-electron chi connectivity index (χ3n) is 6.96. The summed E-state index contributed by atoms with van der Waals surface area (Å²) >= 11 is 0. The van der Waals surface area contributed by atoms with Crippen molar-refractivity contribution in [1.29, 1.82) is 0 Å². The Morgan fingerprint density at radius 2 is 1.24 bits per heavy atom. The predicted molar refractivity (Wildman–Crippen MR) is 122 cm³/mol. The van der Waals surface area contributed by atoms with Gasteiger partial charge in [0.05, 0.1) is 0 Å². The van der Waals surface area contributed by atoms with Crippen molar-refractivity contribution in [1.82, 2.24) is 0 Å². The smallest absolute Gasteiger partial charge is 0.0159 e. The van der Waals surface area contributed by atoms with E-state index in [1.807, 2.05) is 0 Å². The van der Waals surface area contributed by atoms with Gasteiger partial charge in [-0.3, -0.25) is 0 Å². The molecule has 0 radical (unpaired) electrons. The van der Waals surface area contributed by atoms with Gasteiger partial charge in [0.1, 0.15) is 0 Å². The second-order valence-electron chi connectivity index (χ2n) is 9.14. The molecule has 4 aromatic carbocycles. The normalized spacial score (nSPS) is 14.9. The first-order valence-corrected chi connectivity index (χ1v) is 10.5. The molecule has 0 heteroatoms. The van der Waals surface area contributed by atoms with Crippen molar-refractivity contribution in [3.63, 3.8) is 0 Å². The molecule has 0 heterocycles. The summed E-state index contributed by atoms with van der Waals surface area (Å²) < 4.78 is 0. The number of aryl methyl sites for hydroxylation is 1. The van der Waals surface area contributed by atoms with E-state index in [4.69, 9.17) is 0 Å². The molecule has 0 bridgehead atoms. The highest BCUT2D eigenvalue weighted by Gasteiger charge is 2.35. The molecule has 0 fully saturated rings. The molecule has 0 saturated heterocycles. The Kier molecular flexibility index (Phi) is 3.30. The van der Waals surface area contributed by atoms with Crippen LogP contribution in [0.3, 0.4) is 0 Å². The van der Waals surface area contributed by atoms with Gasteiger partial charge in [-0.15, -0.1) is 0 Å². The fraction of sp³-hybridized carbons (Fsp3) is 0.172. The number of hydrogen-bond donors (Lipinski definition) is 0. The lowest BCUT2D eigenvalue weighted by molar-refractivity contribution is 0.660. The largest absolute Gasteiger partial charge is 0.0619 e. The van der Waals surface area contributed by atoms with Crippen LogP contribution in [0.15, 0.2) is 78.9 Å². The molecule has 0 N–H and O–H groups in total. The summed E-state index contributed by atoms with van der Waals surface area (Å²) in [5.41, 5.74) is 15.4. The lowest BCUT2D eigenvalue weighted by Crippen LogP contribution is -2.15. The number of rotatable bonds is 1. The zero-order chi connectivity index (χ0) is 19.8. The minimum atomic E-state index is 0.0377. The lowest BCUT2D eigenvalue weighted by atomic mass is 9.81. The molecule has 2 aliphatic carbocycles. The Labute approximate surface area is 172 Å². The highest BCUT2D eigenvalue weighted by Crippen LogP contribution is 2.50. The molecule has 0 aromatic heterocycles. The first kappa shape index (κ1) is 16.8. The lowest BCUT2D eigenvalue weighted by Gasteiger charge is -2.22. The molecule has 4 aromatic rings. The topological polar surface area (TPSA) is 0 Å². The van der Waals surface area contributed by atoms with Crippen molar-refractivity contribution in [3.8, 4) is 33.4 Å². The summed E-state index contributed by atoms with van der Waals surface area (Å²) in [6, 6.07) is 29.8. The highest BCUT2D eigenvalue weighted by molar-refractivity contribution is 5.86. The van der Waals surface area contributed by atoms with Crippen LogP contribution < -0.4 is 0 Å². The molecular weight excluding hydrogens is 348 g/mol. The first-order chi connectivity index (χ1) is 14.0.